The number of hydrogen-bond donors (Lipinski definition) is 2. The summed E-state index contributed by atoms with van der Waals surface area (Å²) in [6, 6.07) is 27.9. The summed E-state index contributed by atoms with van der Waals surface area (Å²) in [7, 11) is 1.66. The highest BCUT2D eigenvalue weighted by atomic mass is 19.4. The van der Waals surface area contributed by atoms with E-state index in [2.05, 4.69) is 29.7 Å². The molecule has 6 rings (SSSR count). The van der Waals surface area contributed by atoms with Crippen LogP contribution >= 0.6 is 0 Å². The van der Waals surface area contributed by atoms with Gasteiger partial charge in [-0.25, -0.2) is 0 Å². The van der Waals surface area contributed by atoms with Gasteiger partial charge in [-0.15, -0.1) is 0 Å². The molecular weight excluding hydrogens is 611 g/mol. The lowest BCUT2D eigenvalue weighted by Crippen LogP contribution is -2.25. The zero-order valence-corrected chi connectivity index (χ0v) is 27.7. The molecule has 4 aromatic carbocycles. The number of nitrogens with zero attached hydrogens (tertiary/aromatic N) is 1. The van der Waals surface area contributed by atoms with Crippen LogP contribution in [0.4, 0.5) is 18.9 Å². The lowest BCUT2D eigenvalue weighted by Gasteiger charge is -2.24. The fourth-order valence-electron chi connectivity index (χ4n) is 6.57. The van der Waals surface area contributed by atoms with E-state index in [1.807, 2.05) is 60.7 Å². The molecule has 2 N–H and O–H groups in total. The Kier molecular flexibility index (Phi) is 9.92. The number of amides is 1. The summed E-state index contributed by atoms with van der Waals surface area (Å²) in [5, 5.41) is 8.84. The van der Waals surface area contributed by atoms with Gasteiger partial charge in [0, 0.05) is 22.6 Å². The number of rotatable bonds is 13. The number of halogens is 3. The molecule has 0 spiro atoms. The first kappa shape index (κ1) is 33.3. The number of nitrogens with one attached hydrogen (secondary N) is 2. The molecule has 1 heterocycles. The van der Waals surface area contributed by atoms with Crippen molar-refractivity contribution in [2.45, 2.75) is 64.6 Å². The third-order valence-corrected chi connectivity index (χ3v) is 9.19. The van der Waals surface area contributed by atoms with E-state index in [1.54, 1.807) is 26.2 Å². The molecule has 0 radical (unpaired) electrons. The fourth-order valence-corrected chi connectivity index (χ4v) is 6.57. The van der Waals surface area contributed by atoms with Crippen molar-refractivity contribution in [3.63, 3.8) is 0 Å². The number of carbonyl (C=O) groups excluding carboxylic acids is 1. The van der Waals surface area contributed by atoms with Crippen LogP contribution in [0.25, 0.3) is 16.5 Å². The highest BCUT2D eigenvalue weighted by Gasteiger charge is 2.38. The Hall–Kier alpha value is -4.56. The first-order chi connectivity index (χ1) is 23.2. The Balaban J connectivity index is 1.39. The van der Waals surface area contributed by atoms with Crippen LogP contribution in [0.2, 0.25) is 0 Å². The molecule has 1 amide bonds. The SMILES string of the molecule is CCCCc1cccc(-n2c(C(=O)Nc3cccc(C(NCC4CC4)c4c(OC)ccc5ccccc45)c3)cc(C(F)(F)F)c2CC)c1. The molecule has 1 aromatic heterocycles. The lowest BCUT2D eigenvalue weighted by atomic mass is 9.92. The summed E-state index contributed by atoms with van der Waals surface area (Å²) in [5.41, 5.74) is 3.17. The van der Waals surface area contributed by atoms with Gasteiger partial charge in [0.15, 0.2) is 0 Å². The van der Waals surface area contributed by atoms with Gasteiger partial charge >= 0.3 is 6.18 Å². The quantitative estimate of drug-likeness (QED) is 0.133. The van der Waals surface area contributed by atoms with Crippen LogP contribution in [0.5, 0.6) is 5.75 Å². The van der Waals surface area contributed by atoms with Crippen LogP contribution in [0.3, 0.4) is 0 Å². The van der Waals surface area contributed by atoms with Crippen LogP contribution < -0.4 is 15.4 Å². The van der Waals surface area contributed by atoms with Crippen molar-refractivity contribution < 1.29 is 22.7 Å². The monoisotopic (exact) mass is 653 g/mol. The minimum absolute atomic E-state index is 0.0569. The van der Waals surface area contributed by atoms with Crippen LogP contribution in [0.15, 0.2) is 91.0 Å². The molecule has 1 saturated carbocycles. The van der Waals surface area contributed by atoms with E-state index in [0.29, 0.717) is 17.3 Å². The van der Waals surface area contributed by atoms with E-state index in [4.69, 9.17) is 4.74 Å². The van der Waals surface area contributed by atoms with Crippen molar-refractivity contribution in [3.8, 4) is 11.4 Å². The van der Waals surface area contributed by atoms with Gasteiger partial charge in [-0.05, 0) is 103 Å². The van der Waals surface area contributed by atoms with Gasteiger partial charge in [0.25, 0.3) is 5.91 Å². The Labute approximate surface area is 280 Å². The standard InChI is InChI=1S/C40H42F3N3O2/c1-4-6-11-26-12-9-16-31(22-26)46-34(5-2)33(40(41,42)43)24-35(46)39(47)45-30-15-10-14-29(23-30)38(44-25-27-18-19-27)37-32-17-8-7-13-28(32)20-21-36(37)48-3/h7-10,12-17,20-24,27,38,44H,4-6,11,18-19,25H2,1-3H3,(H,45,47). The number of alkyl halides is 3. The van der Waals surface area contributed by atoms with Crippen molar-refractivity contribution in [3.05, 3.63) is 125 Å². The number of methoxy groups -OCH3 is 1. The first-order valence-electron chi connectivity index (χ1n) is 16.8. The lowest BCUT2D eigenvalue weighted by molar-refractivity contribution is -0.138. The number of unbranched alkanes of at least 4 members (excludes halogenated alkanes) is 1. The van der Waals surface area contributed by atoms with Gasteiger partial charge in [-0.1, -0.05) is 74.9 Å². The highest BCUT2D eigenvalue weighted by Crippen LogP contribution is 2.39. The van der Waals surface area contributed by atoms with E-state index in [1.165, 1.54) is 17.4 Å². The molecule has 1 aliphatic rings. The van der Waals surface area contributed by atoms with Gasteiger partial charge in [0.2, 0.25) is 0 Å². The molecular formula is C40H42F3N3O2. The summed E-state index contributed by atoms with van der Waals surface area (Å²) in [5.74, 6) is 0.754. The van der Waals surface area contributed by atoms with E-state index >= 15 is 0 Å². The third kappa shape index (κ3) is 7.14. The van der Waals surface area contributed by atoms with Gasteiger partial charge < -0.3 is 19.9 Å². The maximum absolute atomic E-state index is 14.3. The number of aryl methyl sites for hydroxylation is 1. The maximum Gasteiger partial charge on any atom is 0.418 e. The molecule has 1 aliphatic carbocycles. The molecule has 0 bridgehead atoms. The van der Waals surface area contributed by atoms with Crippen LogP contribution in [0, 0.1) is 5.92 Å². The molecule has 5 aromatic rings. The molecule has 0 aliphatic heterocycles. The minimum Gasteiger partial charge on any atom is -0.496 e. The average Bonchev–Trinajstić information content (AvgIpc) is 3.83. The molecule has 5 nitrogen and oxygen atoms in total. The molecule has 1 atom stereocenters. The van der Waals surface area contributed by atoms with Crippen molar-refractivity contribution in [1.82, 2.24) is 9.88 Å². The summed E-state index contributed by atoms with van der Waals surface area (Å²) in [4.78, 5) is 14.0. The van der Waals surface area contributed by atoms with Crippen LogP contribution in [0.1, 0.15) is 84.0 Å². The molecule has 0 saturated heterocycles. The smallest absolute Gasteiger partial charge is 0.418 e. The second kappa shape index (κ2) is 14.3. The second-order valence-corrected chi connectivity index (χ2v) is 12.6. The van der Waals surface area contributed by atoms with Crippen molar-refractivity contribution in [2.24, 2.45) is 5.92 Å². The second-order valence-electron chi connectivity index (χ2n) is 12.6. The zero-order chi connectivity index (χ0) is 33.8. The van der Waals surface area contributed by atoms with Gasteiger partial charge in [-0.2, -0.15) is 13.2 Å². The largest absolute Gasteiger partial charge is 0.496 e. The molecule has 48 heavy (non-hydrogen) atoms. The summed E-state index contributed by atoms with van der Waals surface area (Å²) >= 11 is 0. The average molecular weight is 654 g/mol. The van der Waals surface area contributed by atoms with Crippen molar-refractivity contribution in [1.29, 1.82) is 0 Å². The maximum atomic E-state index is 14.3. The zero-order valence-electron chi connectivity index (χ0n) is 27.7. The number of benzene rings is 4. The molecule has 250 valence electrons. The highest BCUT2D eigenvalue weighted by molar-refractivity contribution is 6.04. The van der Waals surface area contributed by atoms with Gasteiger partial charge in [0.1, 0.15) is 11.4 Å². The predicted molar refractivity (Wildman–Crippen MR) is 186 cm³/mol. The number of hydrogen-bond acceptors (Lipinski definition) is 3. The van der Waals surface area contributed by atoms with E-state index in [9.17, 15) is 18.0 Å². The number of fused-ring (bicyclic) bond motifs is 1. The number of anilines is 1. The van der Waals surface area contributed by atoms with Crippen LogP contribution in [-0.2, 0) is 19.0 Å². The van der Waals surface area contributed by atoms with E-state index in [0.717, 1.165) is 65.1 Å². The minimum atomic E-state index is -4.61. The van der Waals surface area contributed by atoms with Gasteiger partial charge in [0.05, 0.1) is 18.7 Å². The van der Waals surface area contributed by atoms with Crippen molar-refractivity contribution >= 4 is 22.4 Å². The van der Waals surface area contributed by atoms with E-state index in [-0.39, 0.29) is 23.9 Å². The number of aromatic nitrogens is 1. The Morgan fingerprint density at radius 2 is 1.75 bits per heavy atom. The van der Waals surface area contributed by atoms with Crippen LogP contribution in [-0.4, -0.2) is 24.1 Å². The summed E-state index contributed by atoms with van der Waals surface area (Å²) in [6.45, 7) is 4.62. The summed E-state index contributed by atoms with van der Waals surface area (Å²) < 4.78 is 50.3. The third-order valence-electron chi connectivity index (χ3n) is 9.19. The normalized spacial score (nSPS) is 13.9. The number of ether oxygens (including phenoxy) is 1. The molecule has 1 fully saturated rings. The number of carbonyl (C=O) groups is 1. The first-order valence-corrected chi connectivity index (χ1v) is 16.8. The molecule has 8 heteroatoms. The Bertz CT molecular complexity index is 1910. The summed E-state index contributed by atoms with van der Waals surface area (Å²) in [6.07, 6.45) is 0.649. The molecule has 1 unspecified atom stereocenters. The van der Waals surface area contributed by atoms with E-state index < -0.39 is 17.6 Å². The van der Waals surface area contributed by atoms with Crippen molar-refractivity contribution in [2.75, 3.05) is 19.0 Å². The Morgan fingerprint density at radius 1 is 0.958 bits per heavy atom. The Morgan fingerprint density at radius 3 is 2.48 bits per heavy atom. The topological polar surface area (TPSA) is 55.3 Å². The van der Waals surface area contributed by atoms with Gasteiger partial charge in [-0.3, -0.25) is 4.79 Å². The predicted octanol–water partition coefficient (Wildman–Crippen LogP) is 9.90. The fraction of sp³-hybridized carbons (Fsp3) is 0.325.